The number of thiazole rings is 1. The van der Waals surface area contributed by atoms with Crippen LogP contribution >= 0.6 is 11.3 Å². The minimum absolute atomic E-state index is 0.00608. The Hall–Kier alpha value is -2.55. The van der Waals surface area contributed by atoms with E-state index in [4.69, 9.17) is 13.9 Å². The first-order valence-electron chi connectivity index (χ1n) is 8.93. The van der Waals surface area contributed by atoms with Crippen LogP contribution in [0.3, 0.4) is 0 Å². The van der Waals surface area contributed by atoms with Crippen LogP contribution in [0.2, 0.25) is 0 Å². The van der Waals surface area contributed by atoms with Gasteiger partial charge in [-0.15, -0.1) is 11.3 Å². The van der Waals surface area contributed by atoms with Gasteiger partial charge in [0.15, 0.2) is 5.79 Å². The molecule has 0 unspecified atom stereocenters. The van der Waals surface area contributed by atoms with Crippen molar-refractivity contribution in [3.63, 3.8) is 0 Å². The highest BCUT2D eigenvalue weighted by Gasteiger charge is 2.35. The van der Waals surface area contributed by atoms with Gasteiger partial charge in [-0.3, -0.25) is 4.79 Å². The Bertz CT molecular complexity index is 1040. The predicted octanol–water partition coefficient (Wildman–Crippen LogP) is 3.04. The van der Waals surface area contributed by atoms with Gasteiger partial charge in [0.2, 0.25) is 0 Å². The molecule has 1 fully saturated rings. The fraction of sp³-hybridized carbons (Fsp3) is 0.350. The summed E-state index contributed by atoms with van der Waals surface area (Å²) in [4.78, 5) is 31.5. The molecule has 4 rings (SSSR count). The molecule has 1 amide bonds. The van der Waals surface area contributed by atoms with Gasteiger partial charge >= 0.3 is 5.63 Å². The van der Waals surface area contributed by atoms with Crippen molar-refractivity contribution in [3.8, 4) is 0 Å². The molecule has 1 atom stereocenters. The zero-order chi connectivity index (χ0) is 19.7. The van der Waals surface area contributed by atoms with E-state index < -0.39 is 17.3 Å². The molecule has 3 heterocycles. The van der Waals surface area contributed by atoms with Crippen LogP contribution in [0, 0.1) is 0 Å². The van der Waals surface area contributed by atoms with Crippen molar-refractivity contribution in [3.05, 3.63) is 62.9 Å². The molecule has 146 valence electrons. The molecule has 1 aliphatic heterocycles. The van der Waals surface area contributed by atoms with Crippen LogP contribution < -0.4 is 5.63 Å². The Kier molecular flexibility index (Phi) is 5.01. The number of nitrogens with zero attached hydrogens (tertiary/aromatic N) is 2. The second-order valence-electron chi connectivity index (χ2n) is 7.05. The SMILES string of the molecule is CC1(C)OC[C@@H](CN(Cc2nccs2)C(=O)c2cc3ccccc3oc2=O)O1. The number of amides is 1. The minimum Gasteiger partial charge on any atom is -0.422 e. The molecule has 2 aromatic heterocycles. The zero-order valence-corrected chi connectivity index (χ0v) is 16.4. The highest BCUT2D eigenvalue weighted by molar-refractivity contribution is 7.09. The summed E-state index contributed by atoms with van der Waals surface area (Å²) >= 11 is 1.45. The number of carbonyl (C=O) groups is 1. The van der Waals surface area contributed by atoms with Crippen molar-refractivity contribution in [2.45, 2.75) is 32.3 Å². The standard InChI is InChI=1S/C20H20N2O5S/c1-20(2)25-12-14(27-20)10-22(11-17-21-7-8-28-17)18(23)15-9-13-5-3-4-6-16(13)26-19(15)24/h3-9,14H,10-12H2,1-2H3/t14-/m1/s1. The molecular formula is C20H20N2O5S. The molecule has 7 nitrogen and oxygen atoms in total. The van der Waals surface area contributed by atoms with E-state index in [1.54, 1.807) is 35.4 Å². The van der Waals surface area contributed by atoms with Crippen molar-refractivity contribution in [2.75, 3.05) is 13.2 Å². The van der Waals surface area contributed by atoms with Crippen molar-refractivity contribution in [1.82, 2.24) is 9.88 Å². The van der Waals surface area contributed by atoms with E-state index in [1.165, 1.54) is 11.3 Å². The van der Waals surface area contributed by atoms with Gasteiger partial charge in [-0.05, 0) is 26.0 Å². The van der Waals surface area contributed by atoms with Gasteiger partial charge in [0.1, 0.15) is 22.3 Å². The highest BCUT2D eigenvalue weighted by Crippen LogP contribution is 2.24. The first-order chi connectivity index (χ1) is 13.4. The summed E-state index contributed by atoms with van der Waals surface area (Å²) in [5, 5.41) is 3.32. The third kappa shape index (κ3) is 3.99. The second-order valence-corrected chi connectivity index (χ2v) is 8.03. The van der Waals surface area contributed by atoms with Gasteiger partial charge in [-0.25, -0.2) is 9.78 Å². The van der Waals surface area contributed by atoms with Crippen LogP contribution in [-0.2, 0) is 16.0 Å². The lowest BCUT2D eigenvalue weighted by molar-refractivity contribution is -0.139. The van der Waals surface area contributed by atoms with Crippen molar-refractivity contribution < 1.29 is 18.7 Å². The molecule has 0 bridgehead atoms. The minimum atomic E-state index is -0.692. The Morgan fingerprint density at radius 1 is 1.36 bits per heavy atom. The Morgan fingerprint density at radius 2 is 2.18 bits per heavy atom. The van der Waals surface area contributed by atoms with Gasteiger partial charge in [-0.2, -0.15) is 0 Å². The van der Waals surface area contributed by atoms with Gasteiger partial charge in [-0.1, -0.05) is 18.2 Å². The number of aromatic nitrogens is 1. The normalized spacial score (nSPS) is 18.4. The third-order valence-corrected chi connectivity index (χ3v) is 5.22. The monoisotopic (exact) mass is 400 g/mol. The van der Waals surface area contributed by atoms with Crippen LogP contribution in [0.15, 0.2) is 51.1 Å². The Morgan fingerprint density at radius 3 is 2.89 bits per heavy atom. The van der Waals surface area contributed by atoms with Crippen LogP contribution in [0.4, 0.5) is 0 Å². The summed E-state index contributed by atoms with van der Waals surface area (Å²) in [6, 6.07) is 8.69. The summed E-state index contributed by atoms with van der Waals surface area (Å²) in [6.07, 6.45) is 1.40. The average Bonchev–Trinajstić information content (AvgIpc) is 3.29. The molecule has 28 heavy (non-hydrogen) atoms. The summed E-state index contributed by atoms with van der Waals surface area (Å²) < 4.78 is 16.8. The maximum atomic E-state index is 13.2. The molecule has 0 radical (unpaired) electrons. The molecule has 0 N–H and O–H groups in total. The number of fused-ring (bicyclic) bond motifs is 1. The van der Waals surface area contributed by atoms with E-state index in [9.17, 15) is 9.59 Å². The zero-order valence-electron chi connectivity index (χ0n) is 15.6. The number of hydrogen-bond donors (Lipinski definition) is 0. The van der Waals surface area contributed by atoms with E-state index >= 15 is 0 Å². The van der Waals surface area contributed by atoms with Crippen molar-refractivity contribution in [2.24, 2.45) is 0 Å². The van der Waals surface area contributed by atoms with Crippen molar-refractivity contribution in [1.29, 1.82) is 0 Å². The topological polar surface area (TPSA) is 81.9 Å². The number of para-hydroxylation sites is 1. The third-order valence-electron chi connectivity index (χ3n) is 4.46. The number of benzene rings is 1. The Balaban J connectivity index is 1.64. The predicted molar refractivity (Wildman–Crippen MR) is 104 cm³/mol. The fourth-order valence-electron chi connectivity index (χ4n) is 3.19. The summed E-state index contributed by atoms with van der Waals surface area (Å²) in [5.74, 6) is -1.11. The van der Waals surface area contributed by atoms with E-state index in [2.05, 4.69) is 4.98 Å². The van der Waals surface area contributed by atoms with Crippen LogP contribution in [0.5, 0.6) is 0 Å². The smallest absolute Gasteiger partial charge is 0.349 e. The van der Waals surface area contributed by atoms with Crippen LogP contribution in [0.1, 0.15) is 29.2 Å². The molecule has 0 spiro atoms. The molecular weight excluding hydrogens is 380 g/mol. The number of carbonyl (C=O) groups excluding carboxylic acids is 1. The molecule has 1 aliphatic rings. The van der Waals surface area contributed by atoms with Gasteiger partial charge in [0.25, 0.3) is 5.91 Å². The van der Waals surface area contributed by atoms with E-state index in [-0.39, 0.29) is 24.8 Å². The van der Waals surface area contributed by atoms with E-state index in [0.717, 1.165) is 5.01 Å². The van der Waals surface area contributed by atoms with Crippen molar-refractivity contribution >= 4 is 28.2 Å². The summed E-state index contributed by atoms with van der Waals surface area (Å²) in [5.41, 5.74) is -0.213. The molecule has 0 aliphatic carbocycles. The first kappa shape index (κ1) is 18.8. The lowest BCUT2D eigenvalue weighted by Gasteiger charge is -2.25. The quantitative estimate of drug-likeness (QED) is 0.613. The summed E-state index contributed by atoms with van der Waals surface area (Å²) in [7, 11) is 0. The molecule has 3 aromatic rings. The van der Waals surface area contributed by atoms with Gasteiger partial charge in [0.05, 0.1) is 19.7 Å². The maximum absolute atomic E-state index is 13.2. The van der Waals surface area contributed by atoms with Gasteiger partial charge in [0, 0.05) is 17.0 Å². The average molecular weight is 400 g/mol. The molecule has 0 saturated carbocycles. The lowest BCUT2D eigenvalue weighted by Crippen LogP contribution is -2.40. The second kappa shape index (κ2) is 7.46. The molecule has 1 saturated heterocycles. The van der Waals surface area contributed by atoms with E-state index in [1.807, 2.05) is 25.3 Å². The summed E-state index contributed by atoms with van der Waals surface area (Å²) in [6.45, 7) is 4.61. The first-order valence-corrected chi connectivity index (χ1v) is 9.81. The van der Waals surface area contributed by atoms with Crippen LogP contribution in [0.25, 0.3) is 11.0 Å². The number of rotatable bonds is 5. The molecule has 1 aromatic carbocycles. The van der Waals surface area contributed by atoms with Gasteiger partial charge < -0.3 is 18.8 Å². The number of hydrogen-bond acceptors (Lipinski definition) is 7. The largest absolute Gasteiger partial charge is 0.422 e. The highest BCUT2D eigenvalue weighted by atomic mass is 32.1. The fourth-order valence-corrected chi connectivity index (χ4v) is 3.82. The van der Waals surface area contributed by atoms with E-state index in [0.29, 0.717) is 17.6 Å². The lowest BCUT2D eigenvalue weighted by atomic mass is 10.1. The Labute approximate surface area is 165 Å². The number of ether oxygens (including phenoxy) is 2. The molecule has 8 heteroatoms. The van der Waals surface area contributed by atoms with Crippen LogP contribution in [-0.4, -0.2) is 40.8 Å². The maximum Gasteiger partial charge on any atom is 0.349 e.